The highest BCUT2D eigenvalue weighted by Crippen LogP contribution is 2.30. The molecule has 1 aromatic carbocycles. The molecule has 1 aliphatic rings. The monoisotopic (exact) mass is 333 g/mol. The molecule has 132 valence electrons. The van der Waals surface area contributed by atoms with Crippen molar-refractivity contribution in [3.63, 3.8) is 0 Å². The maximum absolute atomic E-state index is 12.6. The van der Waals surface area contributed by atoms with Crippen LogP contribution in [0.1, 0.15) is 46.1 Å². The molecule has 1 saturated heterocycles. The lowest BCUT2D eigenvalue weighted by Gasteiger charge is -2.33. The molecule has 1 unspecified atom stereocenters. The van der Waals surface area contributed by atoms with Crippen molar-refractivity contribution >= 4 is 11.9 Å². The van der Waals surface area contributed by atoms with Crippen LogP contribution in [-0.4, -0.2) is 41.1 Å². The van der Waals surface area contributed by atoms with Crippen LogP contribution in [0.5, 0.6) is 0 Å². The number of ether oxygens (including phenoxy) is 2. The Morgan fingerprint density at radius 2 is 1.88 bits per heavy atom. The standard InChI is InChI=1S/C19H27NO4/c1-18(2,3)24-16(21)13-20-12-8-11-19(20,4)17(22)23-14-15-9-6-5-7-10-15/h5-7,9-10H,8,11-14H2,1-4H3. The maximum atomic E-state index is 12.6. The van der Waals surface area contributed by atoms with Crippen LogP contribution in [0.15, 0.2) is 30.3 Å². The van der Waals surface area contributed by atoms with Gasteiger partial charge in [0.25, 0.3) is 0 Å². The normalized spacial score (nSPS) is 21.5. The van der Waals surface area contributed by atoms with Crippen LogP contribution in [0.25, 0.3) is 0 Å². The molecule has 0 saturated carbocycles. The highest BCUT2D eigenvalue weighted by Gasteiger charge is 2.45. The zero-order valence-electron chi connectivity index (χ0n) is 15.0. The van der Waals surface area contributed by atoms with Crippen LogP contribution in [0.4, 0.5) is 0 Å². The molecule has 1 heterocycles. The van der Waals surface area contributed by atoms with Crippen molar-refractivity contribution in [1.29, 1.82) is 0 Å². The zero-order valence-corrected chi connectivity index (χ0v) is 15.0. The first-order valence-corrected chi connectivity index (χ1v) is 8.39. The molecule has 0 aliphatic carbocycles. The van der Waals surface area contributed by atoms with Gasteiger partial charge in [-0.25, -0.2) is 0 Å². The average Bonchev–Trinajstić information content (AvgIpc) is 2.86. The summed E-state index contributed by atoms with van der Waals surface area (Å²) in [6, 6.07) is 9.59. The van der Waals surface area contributed by atoms with E-state index in [1.54, 1.807) is 0 Å². The lowest BCUT2D eigenvalue weighted by Crippen LogP contribution is -2.51. The van der Waals surface area contributed by atoms with E-state index < -0.39 is 11.1 Å². The van der Waals surface area contributed by atoms with E-state index in [4.69, 9.17) is 9.47 Å². The summed E-state index contributed by atoms with van der Waals surface area (Å²) in [5, 5.41) is 0. The van der Waals surface area contributed by atoms with Crippen LogP contribution in [0, 0.1) is 0 Å². The molecule has 5 nitrogen and oxygen atoms in total. The van der Waals surface area contributed by atoms with Gasteiger partial charge in [0, 0.05) is 0 Å². The van der Waals surface area contributed by atoms with Crippen LogP contribution in [-0.2, 0) is 25.7 Å². The predicted molar refractivity (Wildman–Crippen MR) is 91.3 cm³/mol. The fourth-order valence-electron chi connectivity index (χ4n) is 2.91. The van der Waals surface area contributed by atoms with E-state index in [1.807, 2.05) is 62.9 Å². The second kappa shape index (κ2) is 7.34. The number of nitrogens with zero attached hydrogens (tertiary/aromatic N) is 1. The molecule has 24 heavy (non-hydrogen) atoms. The van der Waals surface area contributed by atoms with Crippen molar-refractivity contribution in [2.24, 2.45) is 0 Å². The van der Waals surface area contributed by atoms with Gasteiger partial charge in [-0.1, -0.05) is 30.3 Å². The van der Waals surface area contributed by atoms with Crippen molar-refractivity contribution in [1.82, 2.24) is 4.90 Å². The van der Waals surface area contributed by atoms with Crippen molar-refractivity contribution in [2.45, 2.75) is 58.3 Å². The molecular weight excluding hydrogens is 306 g/mol. The third-order valence-corrected chi connectivity index (χ3v) is 4.18. The summed E-state index contributed by atoms with van der Waals surface area (Å²) < 4.78 is 10.9. The minimum atomic E-state index is -0.772. The molecule has 1 aliphatic heterocycles. The summed E-state index contributed by atoms with van der Waals surface area (Å²) in [5.41, 5.74) is -0.349. The number of hydrogen-bond acceptors (Lipinski definition) is 5. The summed E-state index contributed by atoms with van der Waals surface area (Å²) in [7, 11) is 0. The van der Waals surface area contributed by atoms with Gasteiger partial charge in [-0.2, -0.15) is 0 Å². The summed E-state index contributed by atoms with van der Waals surface area (Å²) in [5.74, 6) is -0.598. The fourth-order valence-corrected chi connectivity index (χ4v) is 2.91. The second-order valence-electron chi connectivity index (χ2n) is 7.45. The summed E-state index contributed by atoms with van der Waals surface area (Å²) in [6.07, 6.45) is 1.54. The molecule has 1 fully saturated rings. The Morgan fingerprint density at radius 3 is 2.50 bits per heavy atom. The Hall–Kier alpha value is -1.88. The lowest BCUT2D eigenvalue weighted by molar-refractivity contribution is -0.163. The van der Waals surface area contributed by atoms with Gasteiger partial charge in [0.1, 0.15) is 17.7 Å². The zero-order chi connectivity index (χ0) is 17.8. The molecule has 1 aromatic rings. The average molecular weight is 333 g/mol. The highest BCUT2D eigenvalue weighted by molar-refractivity contribution is 5.82. The molecule has 5 heteroatoms. The van der Waals surface area contributed by atoms with Gasteiger partial charge >= 0.3 is 11.9 Å². The molecular formula is C19H27NO4. The van der Waals surface area contributed by atoms with Gasteiger partial charge in [0.15, 0.2) is 0 Å². The van der Waals surface area contributed by atoms with Gasteiger partial charge in [0.05, 0.1) is 6.54 Å². The minimum absolute atomic E-state index is 0.105. The lowest BCUT2D eigenvalue weighted by atomic mass is 9.99. The number of likely N-dealkylation sites (tertiary alicyclic amines) is 1. The van der Waals surface area contributed by atoms with Crippen LogP contribution in [0.2, 0.25) is 0 Å². The molecule has 0 N–H and O–H groups in total. The molecule has 0 spiro atoms. The van der Waals surface area contributed by atoms with Crippen molar-refractivity contribution in [2.75, 3.05) is 13.1 Å². The van der Waals surface area contributed by atoms with Crippen LogP contribution < -0.4 is 0 Å². The van der Waals surface area contributed by atoms with Crippen molar-refractivity contribution in [3.8, 4) is 0 Å². The van der Waals surface area contributed by atoms with Crippen molar-refractivity contribution < 1.29 is 19.1 Å². The fraction of sp³-hybridized carbons (Fsp3) is 0.579. The number of carbonyl (C=O) groups is 2. The predicted octanol–water partition coefficient (Wildman–Crippen LogP) is 2.93. The van der Waals surface area contributed by atoms with Crippen LogP contribution in [0.3, 0.4) is 0 Å². The van der Waals surface area contributed by atoms with E-state index >= 15 is 0 Å². The molecule has 0 bridgehead atoms. The van der Waals surface area contributed by atoms with E-state index in [-0.39, 0.29) is 25.1 Å². The molecule has 0 amide bonds. The van der Waals surface area contributed by atoms with Crippen LogP contribution >= 0.6 is 0 Å². The summed E-state index contributed by atoms with van der Waals surface area (Å²) in [4.78, 5) is 26.6. The number of benzene rings is 1. The molecule has 1 atom stereocenters. The Labute approximate surface area is 143 Å². The molecule has 2 rings (SSSR count). The smallest absolute Gasteiger partial charge is 0.326 e. The SMILES string of the molecule is CC(C)(C)OC(=O)CN1CCCC1(C)C(=O)OCc1ccccc1. The van der Waals surface area contributed by atoms with E-state index in [0.29, 0.717) is 13.0 Å². The van der Waals surface area contributed by atoms with Gasteiger partial charge in [-0.3, -0.25) is 14.5 Å². The summed E-state index contributed by atoms with van der Waals surface area (Å²) in [6.45, 7) is 8.39. The van der Waals surface area contributed by atoms with E-state index in [0.717, 1.165) is 12.0 Å². The first-order valence-electron chi connectivity index (χ1n) is 8.39. The quantitative estimate of drug-likeness (QED) is 0.776. The van der Waals surface area contributed by atoms with Gasteiger partial charge in [0.2, 0.25) is 0 Å². The van der Waals surface area contributed by atoms with Gasteiger partial charge < -0.3 is 9.47 Å². The topological polar surface area (TPSA) is 55.8 Å². The number of esters is 2. The van der Waals surface area contributed by atoms with Gasteiger partial charge in [-0.15, -0.1) is 0 Å². The minimum Gasteiger partial charge on any atom is -0.459 e. The van der Waals surface area contributed by atoms with E-state index in [9.17, 15) is 9.59 Å². The number of rotatable bonds is 5. The Kier molecular flexibility index (Phi) is 5.65. The van der Waals surface area contributed by atoms with Gasteiger partial charge in [-0.05, 0) is 52.6 Å². The van der Waals surface area contributed by atoms with E-state index in [2.05, 4.69) is 0 Å². The number of hydrogen-bond donors (Lipinski definition) is 0. The molecule has 0 radical (unpaired) electrons. The third kappa shape index (κ3) is 4.81. The van der Waals surface area contributed by atoms with Crippen molar-refractivity contribution in [3.05, 3.63) is 35.9 Å². The first-order chi connectivity index (χ1) is 11.2. The largest absolute Gasteiger partial charge is 0.459 e. The maximum Gasteiger partial charge on any atom is 0.326 e. The first kappa shape index (κ1) is 18.5. The highest BCUT2D eigenvalue weighted by atomic mass is 16.6. The Morgan fingerprint density at radius 1 is 1.21 bits per heavy atom. The Bertz CT molecular complexity index is 579. The molecule has 0 aromatic heterocycles. The Balaban J connectivity index is 1.95. The van der Waals surface area contributed by atoms with E-state index in [1.165, 1.54) is 0 Å². The summed E-state index contributed by atoms with van der Waals surface area (Å²) >= 11 is 0. The number of carbonyl (C=O) groups excluding carboxylic acids is 2. The third-order valence-electron chi connectivity index (χ3n) is 4.18. The second-order valence-corrected chi connectivity index (χ2v) is 7.45.